The Labute approximate surface area is 142 Å². The van der Waals surface area contributed by atoms with Gasteiger partial charge in [-0.3, -0.25) is 9.69 Å². The van der Waals surface area contributed by atoms with Gasteiger partial charge in [0.05, 0.1) is 27.9 Å². The van der Waals surface area contributed by atoms with Crippen LogP contribution in [-0.2, 0) is 14.9 Å². The summed E-state index contributed by atoms with van der Waals surface area (Å²) in [5, 5.41) is 9.54. The van der Waals surface area contributed by atoms with Crippen molar-refractivity contribution in [3.8, 4) is 11.5 Å². The van der Waals surface area contributed by atoms with Crippen molar-refractivity contribution in [1.29, 1.82) is 0 Å². The van der Waals surface area contributed by atoms with E-state index in [4.69, 9.17) is 17.0 Å². The lowest BCUT2D eigenvalue weighted by Crippen LogP contribution is -2.32. The van der Waals surface area contributed by atoms with Gasteiger partial charge in [0.2, 0.25) is 0 Å². The Morgan fingerprint density at radius 1 is 1.48 bits per heavy atom. The maximum Gasteiger partial charge on any atom is 0.266 e. The molecule has 1 amide bonds. The predicted octanol–water partition coefficient (Wildman–Crippen LogP) is 1.15. The third kappa shape index (κ3) is 4.44. The average molecular weight is 374 g/mol. The van der Waals surface area contributed by atoms with Crippen LogP contribution >= 0.6 is 24.0 Å². The Hall–Kier alpha value is -1.62. The van der Waals surface area contributed by atoms with E-state index in [1.165, 1.54) is 13.2 Å². The van der Waals surface area contributed by atoms with Crippen LogP contribution in [0.4, 0.5) is 0 Å². The standard InChI is InChI=1S/C13H13NO6S3/c1-20-10-6-8(2-3-9(10)15)7-11-12(16)14(13(21)22-11)4-5-23(17,18)19/h2-3,6-7,15H,4-5H2,1H3,(H,17,18,19)/p-1/b11-7-. The normalized spacial score (nSPS) is 17.1. The molecule has 0 saturated carbocycles. The molecule has 1 aliphatic rings. The van der Waals surface area contributed by atoms with Crippen molar-refractivity contribution in [2.75, 3.05) is 19.4 Å². The van der Waals surface area contributed by atoms with Gasteiger partial charge in [-0.25, -0.2) is 8.42 Å². The van der Waals surface area contributed by atoms with Crippen molar-refractivity contribution in [3.63, 3.8) is 0 Å². The summed E-state index contributed by atoms with van der Waals surface area (Å²) >= 11 is 6.05. The lowest BCUT2D eigenvalue weighted by molar-refractivity contribution is -0.121. The molecule has 0 atom stereocenters. The van der Waals surface area contributed by atoms with Crippen LogP contribution in [0, 0.1) is 0 Å². The van der Waals surface area contributed by atoms with Crippen molar-refractivity contribution < 1.29 is 27.6 Å². The van der Waals surface area contributed by atoms with Gasteiger partial charge in [0, 0.05) is 6.54 Å². The fourth-order valence-electron chi connectivity index (χ4n) is 1.83. The zero-order chi connectivity index (χ0) is 17.2. The second-order valence-electron chi connectivity index (χ2n) is 4.53. The zero-order valence-corrected chi connectivity index (χ0v) is 14.3. The fraction of sp³-hybridized carbons (Fsp3) is 0.231. The number of carbonyl (C=O) groups is 1. The first kappa shape index (κ1) is 17.7. The molecular weight excluding hydrogens is 362 g/mol. The molecule has 1 heterocycles. The summed E-state index contributed by atoms with van der Waals surface area (Å²) in [6.07, 6.45) is 1.55. The van der Waals surface area contributed by atoms with Crippen LogP contribution in [0.5, 0.6) is 11.5 Å². The van der Waals surface area contributed by atoms with Gasteiger partial charge in [-0.15, -0.1) is 0 Å². The molecule has 0 aliphatic carbocycles. The number of hydrogen-bond acceptors (Lipinski definition) is 8. The van der Waals surface area contributed by atoms with E-state index < -0.39 is 21.8 Å². The topological polar surface area (TPSA) is 107 Å². The first-order valence-corrected chi connectivity index (χ1v) is 9.07. The molecule has 23 heavy (non-hydrogen) atoms. The van der Waals surface area contributed by atoms with Gasteiger partial charge >= 0.3 is 0 Å². The number of ether oxygens (including phenoxy) is 1. The van der Waals surface area contributed by atoms with Crippen LogP contribution in [0.25, 0.3) is 6.08 Å². The second-order valence-corrected chi connectivity index (χ2v) is 7.73. The van der Waals surface area contributed by atoms with Crippen molar-refractivity contribution in [3.05, 3.63) is 28.7 Å². The minimum Gasteiger partial charge on any atom is -0.748 e. The highest BCUT2D eigenvalue weighted by Gasteiger charge is 2.32. The van der Waals surface area contributed by atoms with Crippen molar-refractivity contribution in [2.45, 2.75) is 0 Å². The van der Waals surface area contributed by atoms with Gasteiger partial charge in [-0.2, -0.15) is 0 Å². The molecule has 1 aromatic rings. The number of phenolic OH excluding ortho intramolecular Hbond substituents is 1. The SMILES string of the molecule is COc1cc(/C=C2\SC(=S)N(CCS(=O)(=O)[O-])C2=O)ccc1O. The van der Waals surface area contributed by atoms with E-state index in [-0.39, 0.29) is 22.4 Å². The highest BCUT2D eigenvalue weighted by molar-refractivity contribution is 8.26. The summed E-state index contributed by atoms with van der Waals surface area (Å²) in [6, 6.07) is 4.56. The van der Waals surface area contributed by atoms with E-state index in [2.05, 4.69) is 0 Å². The van der Waals surface area contributed by atoms with Crippen LogP contribution in [0.3, 0.4) is 0 Å². The number of nitrogens with zero attached hydrogens (tertiary/aromatic N) is 1. The summed E-state index contributed by atoms with van der Waals surface area (Å²) in [4.78, 5) is 13.6. The molecule has 1 fully saturated rings. The first-order chi connectivity index (χ1) is 10.7. The van der Waals surface area contributed by atoms with Crippen LogP contribution in [0.2, 0.25) is 0 Å². The molecule has 0 unspecified atom stereocenters. The zero-order valence-electron chi connectivity index (χ0n) is 11.9. The highest BCUT2D eigenvalue weighted by atomic mass is 32.2. The Bertz CT molecular complexity index is 787. The number of amides is 1. The molecule has 0 bridgehead atoms. The van der Waals surface area contributed by atoms with Gasteiger partial charge < -0.3 is 14.4 Å². The number of phenols is 1. The minimum absolute atomic E-state index is 0.0298. The van der Waals surface area contributed by atoms with Crippen LogP contribution in [0.15, 0.2) is 23.1 Å². The number of methoxy groups -OCH3 is 1. The average Bonchev–Trinajstić information content (AvgIpc) is 2.72. The summed E-state index contributed by atoms with van der Waals surface area (Å²) in [7, 11) is -3.02. The Kier molecular flexibility index (Phi) is 5.30. The van der Waals surface area contributed by atoms with Crippen LogP contribution < -0.4 is 4.74 Å². The van der Waals surface area contributed by atoms with E-state index in [0.29, 0.717) is 10.5 Å². The predicted molar refractivity (Wildman–Crippen MR) is 89.1 cm³/mol. The highest BCUT2D eigenvalue weighted by Crippen LogP contribution is 2.34. The van der Waals surface area contributed by atoms with Gasteiger partial charge in [0.1, 0.15) is 4.32 Å². The molecule has 2 rings (SSSR count). The fourth-order valence-corrected chi connectivity index (χ4v) is 3.55. The number of rotatable bonds is 5. The van der Waals surface area contributed by atoms with E-state index >= 15 is 0 Å². The lowest BCUT2D eigenvalue weighted by Gasteiger charge is -2.15. The monoisotopic (exact) mass is 374 g/mol. The van der Waals surface area contributed by atoms with Crippen molar-refractivity contribution in [1.82, 2.24) is 4.90 Å². The summed E-state index contributed by atoms with van der Waals surface area (Å²) in [6.45, 7) is -0.271. The Morgan fingerprint density at radius 3 is 2.78 bits per heavy atom. The summed E-state index contributed by atoms with van der Waals surface area (Å²) in [5.41, 5.74) is 0.608. The maximum atomic E-state index is 12.2. The number of carbonyl (C=O) groups excluding carboxylic acids is 1. The molecule has 0 radical (unpaired) electrons. The molecule has 1 N–H and O–H groups in total. The molecule has 1 aromatic carbocycles. The van der Waals surface area contributed by atoms with Gasteiger partial charge in [-0.1, -0.05) is 30.0 Å². The number of aromatic hydroxyl groups is 1. The Morgan fingerprint density at radius 2 is 2.17 bits per heavy atom. The third-order valence-corrected chi connectivity index (χ3v) is 5.00. The van der Waals surface area contributed by atoms with Crippen molar-refractivity contribution >= 4 is 50.4 Å². The van der Waals surface area contributed by atoms with E-state index in [0.717, 1.165) is 16.7 Å². The number of hydrogen-bond donors (Lipinski definition) is 1. The van der Waals surface area contributed by atoms with Crippen molar-refractivity contribution in [2.24, 2.45) is 0 Å². The molecular formula is C13H12NO6S3-. The third-order valence-electron chi connectivity index (χ3n) is 2.94. The number of benzene rings is 1. The second kappa shape index (κ2) is 6.87. The molecule has 10 heteroatoms. The minimum atomic E-state index is -4.43. The molecule has 1 aliphatic heterocycles. The molecule has 7 nitrogen and oxygen atoms in total. The van der Waals surface area contributed by atoms with Gasteiger partial charge in [0.15, 0.2) is 11.5 Å². The van der Waals surface area contributed by atoms with E-state index in [1.54, 1.807) is 18.2 Å². The quantitative estimate of drug-likeness (QED) is 0.465. The summed E-state index contributed by atoms with van der Waals surface area (Å²) < 4.78 is 37.2. The molecule has 1 saturated heterocycles. The lowest BCUT2D eigenvalue weighted by atomic mass is 10.2. The van der Waals surface area contributed by atoms with Crippen LogP contribution in [-0.4, -0.2) is 52.6 Å². The van der Waals surface area contributed by atoms with Crippen LogP contribution in [0.1, 0.15) is 5.56 Å². The molecule has 0 spiro atoms. The molecule has 0 aromatic heterocycles. The van der Waals surface area contributed by atoms with Gasteiger partial charge in [0.25, 0.3) is 5.91 Å². The number of thioether (sulfide) groups is 1. The number of thiocarbonyl (C=S) groups is 1. The van der Waals surface area contributed by atoms with E-state index in [1.807, 2.05) is 0 Å². The van der Waals surface area contributed by atoms with Gasteiger partial charge in [-0.05, 0) is 23.8 Å². The first-order valence-electron chi connectivity index (χ1n) is 6.27. The molecule has 124 valence electrons. The maximum absolute atomic E-state index is 12.2. The smallest absolute Gasteiger partial charge is 0.266 e. The summed E-state index contributed by atoms with van der Waals surface area (Å²) in [5.74, 6) is -0.931. The van der Waals surface area contributed by atoms with E-state index in [9.17, 15) is 22.9 Å². The Balaban J connectivity index is 2.21. The largest absolute Gasteiger partial charge is 0.748 e.